The summed E-state index contributed by atoms with van der Waals surface area (Å²) in [5, 5.41) is 2.72. The predicted molar refractivity (Wildman–Crippen MR) is 96.3 cm³/mol. The zero-order chi connectivity index (χ0) is 17.2. The van der Waals surface area contributed by atoms with E-state index in [9.17, 15) is 13.2 Å². The molecule has 0 radical (unpaired) electrons. The lowest BCUT2D eigenvalue weighted by Gasteiger charge is -2.11. The van der Waals surface area contributed by atoms with Gasteiger partial charge in [0, 0.05) is 18.2 Å². The summed E-state index contributed by atoms with van der Waals surface area (Å²) in [5.74, 6) is -0.225. The topological polar surface area (TPSA) is 102 Å². The Morgan fingerprint density at radius 3 is 2.56 bits per heavy atom. The monoisotopic (exact) mass is 384 g/mol. The summed E-state index contributed by atoms with van der Waals surface area (Å²) in [4.78, 5) is 12.5. The van der Waals surface area contributed by atoms with Gasteiger partial charge in [0.15, 0.2) is 15.6 Å². The third-order valence-electron chi connectivity index (χ3n) is 4.13. The number of carbonyl (C=O) groups is 1. The summed E-state index contributed by atoms with van der Waals surface area (Å²) >= 11 is 0. The Bertz CT molecular complexity index is 816. The molecule has 1 aromatic carbocycles. The van der Waals surface area contributed by atoms with Crippen LogP contribution in [0.15, 0.2) is 52.0 Å². The van der Waals surface area contributed by atoms with Crippen molar-refractivity contribution >= 4 is 28.2 Å². The van der Waals surface area contributed by atoms with E-state index < -0.39 is 15.7 Å². The highest BCUT2D eigenvalue weighted by Crippen LogP contribution is 2.31. The number of halogens is 1. The first-order chi connectivity index (χ1) is 11.5. The fourth-order valence-corrected chi connectivity index (χ4v) is 3.92. The number of hydrogen-bond donors (Lipinski definition) is 2. The third kappa shape index (κ3) is 4.84. The predicted octanol–water partition coefficient (Wildman–Crippen LogP) is 2.14. The van der Waals surface area contributed by atoms with Crippen molar-refractivity contribution in [3.05, 3.63) is 54.0 Å². The van der Waals surface area contributed by atoms with Gasteiger partial charge in [0.1, 0.15) is 0 Å². The molecule has 0 bridgehead atoms. The van der Waals surface area contributed by atoms with E-state index in [4.69, 9.17) is 10.2 Å². The molecule has 1 atom stereocenters. The Hall–Kier alpha value is -1.83. The average molecular weight is 385 g/mol. The van der Waals surface area contributed by atoms with Gasteiger partial charge in [0.2, 0.25) is 0 Å². The smallest absolute Gasteiger partial charge is 0.287 e. The number of amides is 1. The second kappa shape index (κ2) is 8.03. The standard InChI is InChI=1S/C17H20N2O4S.ClH/c18-15(12-6-7-12)10-19-17(20)16-13(8-9-23-16)11-24(21,22)14-4-2-1-3-5-14;/h1-5,8-9,12,15H,6-7,10-11,18H2,(H,19,20);1H. The summed E-state index contributed by atoms with van der Waals surface area (Å²) in [6, 6.07) is 9.58. The first kappa shape index (κ1) is 19.5. The molecule has 3 rings (SSSR count). The van der Waals surface area contributed by atoms with Crippen molar-refractivity contribution in [1.82, 2.24) is 5.32 Å². The maximum atomic E-state index is 12.4. The van der Waals surface area contributed by atoms with Gasteiger partial charge in [-0.15, -0.1) is 12.4 Å². The molecule has 0 saturated heterocycles. The molecular formula is C17H21ClN2O4S. The third-order valence-corrected chi connectivity index (χ3v) is 5.81. The normalized spacial score (nSPS) is 15.2. The van der Waals surface area contributed by atoms with Gasteiger partial charge >= 0.3 is 0 Å². The second-order valence-electron chi connectivity index (χ2n) is 6.06. The number of benzene rings is 1. The molecule has 0 aliphatic heterocycles. The van der Waals surface area contributed by atoms with Crippen LogP contribution >= 0.6 is 12.4 Å². The number of rotatable bonds is 7. The SMILES string of the molecule is Cl.NC(CNC(=O)c1occc1CS(=O)(=O)c1ccccc1)C1CC1. The van der Waals surface area contributed by atoms with Crippen molar-refractivity contribution in [3.63, 3.8) is 0 Å². The lowest BCUT2D eigenvalue weighted by atomic mass is 10.2. The first-order valence-corrected chi connectivity index (χ1v) is 9.50. The molecule has 1 saturated carbocycles. The molecule has 136 valence electrons. The fourth-order valence-electron chi connectivity index (χ4n) is 2.55. The molecule has 2 aromatic rings. The molecule has 1 amide bonds. The van der Waals surface area contributed by atoms with Crippen molar-refractivity contribution in [1.29, 1.82) is 0 Å². The van der Waals surface area contributed by atoms with Gasteiger partial charge in [0.05, 0.1) is 16.9 Å². The maximum Gasteiger partial charge on any atom is 0.287 e. The molecule has 1 heterocycles. The molecule has 1 aliphatic carbocycles. The number of hydrogen-bond acceptors (Lipinski definition) is 5. The van der Waals surface area contributed by atoms with Crippen LogP contribution in [-0.4, -0.2) is 26.9 Å². The van der Waals surface area contributed by atoms with Crippen LogP contribution in [0.1, 0.15) is 29.0 Å². The van der Waals surface area contributed by atoms with Crippen molar-refractivity contribution < 1.29 is 17.6 Å². The van der Waals surface area contributed by atoms with Gasteiger partial charge in [-0.2, -0.15) is 0 Å². The van der Waals surface area contributed by atoms with E-state index >= 15 is 0 Å². The maximum absolute atomic E-state index is 12.4. The lowest BCUT2D eigenvalue weighted by Crippen LogP contribution is -2.38. The van der Waals surface area contributed by atoms with E-state index in [1.807, 2.05) is 0 Å². The molecule has 0 spiro atoms. The van der Waals surface area contributed by atoms with Crippen LogP contribution in [0.25, 0.3) is 0 Å². The first-order valence-electron chi connectivity index (χ1n) is 7.85. The summed E-state index contributed by atoms with van der Waals surface area (Å²) in [6.45, 7) is 0.356. The van der Waals surface area contributed by atoms with Crippen LogP contribution in [0.3, 0.4) is 0 Å². The average Bonchev–Trinajstić information content (AvgIpc) is 3.33. The van der Waals surface area contributed by atoms with Gasteiger partial charge < -0.3 is 15.5 Å². The van der Waals surface area contributed by atoms with Gasteiger partial charge in [-0.1, -0.05) is 18.2 Å². The van der Waals surface area contributed by atoms with E-state index in [1.165, 1.54) is 24.5 Å². The fraction of sp³-hybridized carbons (Fsp3) is 0.353. The lowest BCUT2D eigenvalue weighted by molar-refractivity contribution is 0.0921. The summed E-state index contributed by atoms with van der Waals surface area (Å²) < 4.78 is 30.1. The van der Waals surface area contributed by atoms with Crippen molar-refractivity contribution in [2.45, 2.75) is 29.5 Å². The van der Waals surface area contributed by atoms with Crippen molar-refractivity contribution in [3.8, 4) is 0 Å². The minimum atomic E-state index is -3.54. The van der Waals surface area contributed by atoms with E-state index in [0.29, 0.717) is 18.0 Å². The van der Waals surface area contributed by atoms with Gasteiger partial charge in [-0.25, -0.2) is 8.42 Å². The second-order valence-corrected chi connectivity index (χ2v) is 8.05. The highest BCUT2D eigenvalue weighted by molar-refractivity contribution is 7.90. The molecule has 3 N–H and O–H groups in total. The van der Waals surface area contributed by atoms with Gasteiger partial charge in [0.25, 0.3) is 5.91 Å². The Morgan fingerprint density at radius 2 is 1.92 bits per heavy atom. The Balaban J connectivity index is 0.00000225. The molecule has 1 unspecified atom stereocenters. The molecule has 1 aromatic heterocycles. The van der Waals surface area contributed by atoms with Gasteiger partial charge in [-0.05, 0) is 37.0 Å². The van der Waals surface area contributed by atoms with E-state index in [2.05, 4.69) is 5.32 Å². The molecule has 8 heteroatoms. The van der Waals surface area contributed by atoms with Crippen LogP contribution in [0, 0.1) is 5.92 Å². The number of nitrogens with one attached hydrogen (secondary N) is 1. The zero-order valence-corrected chi connectivity index (χ0v) is 15.2. The quantitative estimate of drug-likeness (QED) is 0.761. The Morgan fingerprint density at radius 1 is 1.24 bits per heavy atom. The summed E-state index contributed by atoms with van der Waals surface area (Å²) in [6.07, 6.45) is 3.52. The van der Waals surface area contributed by atoms with Gasteiger partial charge in [-0.3, -0.25) is 4.79 Å². The molecule has 1 aliphatic rings. The largest absolute Gasteiger partial charge is 0.459 e. The highest BCUT2D eigenvalue weighted by atomic mass is 35.5. The number of nitrogens with two attached hydrogens (primary N) is 1. The minimum Gasteiger partial charge on any atom is -0.459 e. The summed E-state index contributed by atoms with van der Waals surface area (Å²) in [5.41, 5.74) is 6.30. The van der Waals surface area contributed by atoms with E-state index in [-0.39, 0.29) is 34.9 Å². The van der Waals surface area contributed by atoms with Crippen LogP contribution in [0.2, 0.25) is 0 Å². The number of carbonyl (C=O) groups excluding carboxylic acids is 1. The molecule has 6 nitrogen and oxygen atoms in total. The Kier molecular flexibility index (Phi) is 6.26. The molecule has 25 heavy (non-hydrogen) atoms. The molecule has 1 fully saturated rings. The van der Waals surface area contributed by atoms with E-state index in [0.717, 1.165) is 12.8 Å². The van der Waals surface area contributed by atoms with Crippen LogP contribution < -0.4 is 11.1 Å². The number of furan rings is 1. The van der Waals surface area contributed by atoms with Crippen LogP contribution in [0.5, 0.6) is 0 Å². The molecular weight excluding hydrogens is 364 g/mol. The van der Waals surface area contributed by atoms with Crippen molar-refractivity contribution in [2.24, 2.45) is 11.7 Å². The highest BCUT2D eigenvalue weighted by Gasteiger charge is 2.29. The van der Waals surface area contributed by atoms with Crippen molar-refractivity contribution in [2.75, 3.05) is 6.54 Å². The Labute approximate surface area is 153 Å². The van der Waals surface area contributed by atoms with Crippen LogP contribution in [-0.2, 0) is 15.6 Å². The summed E-state index contributed by atoms with van der Waals surface area (Å²) in [7, 11) is -3.54. The minimum absolute atomic E-state index is 0. The zero-order valence-electron chi connectivity index (χ0n) is 13.6. The van der Waals surface area contributed by atoms with E-state index in [1.54, 1.807) is 18.2 Å². The van der Waals surface area contributed by atoms with Crippen LogP contribution in [0.4, 0.5) is 0 Å². The number of sulfone groups is 1.